The molecule has 4 heteroatoms. The highest BCUT2D eigenvalue weighted by atomic mass is 16.1. The summed E-state index contributed by atoms with van der Waals surface area (Å²) in [5.74, 6) is -0.129. The average molecular weight is 269 g/mol. The molecule has 0 radical (unpaired) electrons. The summed E-state index contributed by atoms with van der Waals surface area (Å²) in [5, 5.41) is 6.07. The van der Waals surface area contributed by atoms with E-state index in [0.717, 1.165) is 23.5 Å². The van der Waals surface area contributed by atoms with Gasteiger partial charge in [0.15, 0.2) is 0 Å². The summed E-state index contributed by atoms with van der Waals surface area (Å²) in [6, 6.07) is 9.53. The number of pyridine rings is 1. The second-order valence-corrected chi connectivity index (χ2v) is 4.72. The first-order chi connectivity index (χ1) is 9.60. The number of aromatic nitrogens is 1. The van der Waals surface area contributed by atoms with Crippen molar-refractivity contribution in [3.8, 4) is 0 Å². The van der Waals surface area contributed by atoms with Crippen LogP contribution in [0.1, 0.15) is 28.5 Å². The molecule has 0 atom stereocenters. The Balaban J connectivity index is 2.23. The second kappa shape index (κ2) is 6.19. The first-order valence-electron chi connectivity index (χ1n) is 6.68. The van der Waals surface area contributed by atoms with Crippen molar-refractivity contribution in [3.05, 3.63) is 53.3 Å². The number of hydrogen-bond donors (Lipinski definition) is 2. The molecule has 2 aromatic rings. The fourth-order valence-corrected chi connectivity index (χ4v) is 1.93. The summed E-state index contributed by atoms with van der Waals surface area (Å²) in [6.45, 7) is 6.66. The van der Waals surface area contributed by atoms with E-state index >= 15 is 0 Å². The lowest BCUT2D eigenvalue weighted by molar-refractivity contribution is 0.102. The lowest BCUT2D eigenvalue weighted by atomic mass is 10.1. The quantitative estimate of drug-likeness (QED) is 0.894. The molecule has 0 saturated carbocycles. The first kappa shape index (κ1) is 14.1. The summed E-state index contributed by atoms with van der Waals surface area (Å²) in [6.07, 6.45) is 1.66. The van der Waals surface area contributed by atoms with Crippen LogP contribution in [0.25, 0.3) is 0 Å². The number of rotatable bonds is 4. The van der Waals surface area contributed by atoms with E-state index in [0.29, 0.717) is 11.3 Å². The van der Waals surface area contributed by atoms with Gasteiger partial charge in [0.1, 0.15) is 0 Å². The van der Waals surface area contributed by atoms with E-state index in [4.69, 9.17) is 0 Å². The van der Waals surface area contributed by atoms with Gasteiger partial charge in [0, 0.05) is 17.9 Å². The maximum Gasteiger partial charge on any atom is 0.257 e. The van der Waals surface area contributed by atoms with Gasteiger partial charge < -0.3 is 10.6 Å². The number of carbonyl (C=O) groups excluding carboxylic acids is 1. The molecule has 1 aromatic heterocycles. The normalized spacial score (nSPS) is 10.2. The highest BCUT2D eigenvalue weighted by Crippen LogP contribution is 2.19. The van der Waals surface area contributed by atoms with Gasteiger partial charge in [-0.2, -0.15) is 0 Å². The third kappa shape index (κ3) is 3.35. The Morgan fingerprint density at radius 3 is 2.65 bits per heavy atom. The molecule has 0 aliphatic heterocycles. The van der Waals surface area contributed by atoms with Crippen molar-refractivity contribution in [1.29, 1.82) is 0 Å². The van der Waals surface area contributed by atoms with Gasteiger partial charge >= 0.3 is 0 Å². The molecule has 0 fully saturated rings. The van der Waals surface area contributed by atoms with Crippen LogP contribution < -0.4 is 10.6 Å². The van der Waals surface area contributed by atoms with Crippen molar-refractivity contribution in [1.82, 2.24) is 4.98 Å². The van der Waals surface area contributed by atoms with Gasteiger partial charge in [0.05, 0.1) is 17.4 Å². The van der Waals surface area contributed by atoms with Crippen LogP contribution in [0.15, 0.2) is 36.5 Å². The zero-order valence-electron chi connectivity index (χ0n) is 12.0. The zero-order chi connectivity index (χ0) is 14.5. The van der Waals surface area contributed by atoms with E-state index < -0.39 is 0 Å². The van der Waals surface area contributed by atoms with Gasteiger partial charge in [-0.05, 0) is 45.0 Å². The summed E-state index contributed by atoms with van der Waals surface area (Å²) >= 11 is 0. The van der Waals surface area contributed by atoms with Gasteiger partial charge in [-0.25, -0.2) is 0 Å². The number of benzene rings is 1. The third-order valence-corrected chi connectivity index (χ3v) is 2.96. The Hall–Kier alpha value is -2.36. The standard InChI is InChI=1S/C16H19N3O/c1-4-17-15-8-5-11(2)9-14(15)16(20)19-13-7-6-12(3)18-10-13/h5-10,17H,4H2,1-3H3,(H,19,20). The van der Waals surface area contributed by atoms with E-state index in [-0.39, 0.29) is 5.91 Å². The number of hydrogen-bond acceptors (Lipinski definition) is 3. The van der Waals surface area contributed by atoms with Gasteiger partial charge in [-0.3, -0.25) is 9.78 Å². The highest BCUT2D eigenvalue weighted by Gasteiger charge is 2.11. The first-order valence-corrected chi connectivity index (χ1v) is 6.68. The Kier molecular flexibility index (Phi) is 4.35. The molecule has 1 heterocycles. The number of aryl methyl sites for hydroxylation is 2. The maximum absolute atomic E-state index is 12.4. The van der Waals surface area contributed by atoms with Crippen LogP contribution >= 0.6 is 0 Å². The van der Waals surface area contributed by atoms with Crippen molar-refractivity contribution in [3.63, 3.8) is 0 Å². The monoisotopic (exact) mass is 269 g/mol. The van der Waals surface area contributed by atoms with Crippen molar-refractivity contribution in [2.45, 2.75) is 20.8 Å². The molecule has 20 heavy (non-hydrogen) atoms. The van der Waals surface area contributed by atoms with Crippen LogP contribution in [-0.2, 0) is 0 Å². The fraction of sp³-hybridized carbons (Fsp3) is 0.250. The summed E-state index contributed by atoms with van der Waals surface area (Å²) in [5.41, 5.74) is 4.17. The number of carbonyl (C=O) groups is 1. The van der Waals surface area contributed by atoms with E-state index in [1.165, 1.54) is 0 Å². The van der Waals surface area contributed by atoms with Crippen LogP contribution in [0.4, 0.5) is 11.4 Å². The molecule has 0 saturated heterocycles. The van der Waals surface area contributed by atoms with E-state index in [9.17, 15) is 4.79 Å². The van der Waals surface area contributed by atoms with E-state index in [1.807, 2.05) is 51.1 Å². The number of nitrogens with one attached hydrogen (secondary N) is 2. The molecular weight excluding hydrogens is 250 g/mol. The van der Waals surface area contributed by atoms with Crippen LogP contribution in [0.2, 0.25) is 0 Å². The van der Waals surface area contributed by atoms with Crippen LogP contribution in [0, 0.1) is 13.8 Å². The number of anilines is 2. The molecule has 0 bridgehead atoms. The third-order valence-electron chi connectivity index (χ3n) is 2.96. The molecule has 0 unspecified atom stereocenters. The van der Waals surface area contributed by atoms with Crippen molar-refractivity contribution in [2.24, 2.45) is 0 Å². The number of nitrogens with zero attached hydrogens (tertiary/aromatic N) is 1. The minimum absolute atomic E-state index is 0.129. The Morgan fingerprint density at radius 1 is 1.20 bits per heavy atom. The Morgan fingerprint density at radius 2 is 2.00 bits per heavy atom. The smallest absolute Gasteiger partial charge is 0.257 e. The van der Waals surface area contributed by atoms with Crippen molar-refractivity contribution >= 4 is 17.3 Å². The molecular formula is C16H19N3O. The summed E-state index contributed by atoms with van der Waals surface area (Å²) in [7, 11) is 0. The molecule has 2 rings (SSSR count). The highest BCUT2D eigenvalue weighted by molar-refractivity contribution is 6.08. The minimum atomic E-state index is -0.129. The Bertz CT molecular complexity index is 606. The Labute approximate surface area is 119 Å². The van der Waals surface area contributed by atoms with E-state index in [1.54, 1.807) is 6.20 Å². The summed E-state index contributed by atoms with van der Waals surface area (Å²) in [4.78, 5) is 16.5. The molecule has 104 valence electrons. The molecule has 1 aromatic carbocycles. The van der Waals surface area contributed by atoms with Crippen molar-refractivity contribution in [2.75, 3.05) is 17.2 Å². The molecule has 0 aliphatic carbocycles. The maximum atomic E-state index is 12.4. The van der Waals surface area contributed by atoms with Crippen LogP contribution in [-0.4, -0.2) is 17.4 Å². The zero-order valence-corrected chi connectivity index (χ0v) is 12.0. The van der Waals surface area contributed by atoms with Gasteiger partial charge in [0.25, 0.3) is 5.91 Å². The topological polar surface area (TPSA) is 54.0 Å². The molecule has 0 spiro atoms. The van der Waals surface area contributed by atoms with Crippen molar-refractivity contribution < 1.29 is 4.79 Å². The molecule has 2 N–H and O–H groups in total. The van der Waals surface area contributed by atoms with E-state index in [2.05, 4.69) is 15.6 Å². The lowest BCUT2D eigenvalue weighted by Gasteiger charge is -2.12. The fourth-order valence-electron chi connectivity index (χ4n) is 1.93. The van der Waals surface area contributed by atoms with Crippen LogP contribution in [0.5, 0.6) is 0 Å². The van der Waals surface area contributed by atoms with Gasteiger partial charge in [-0.1, -0.05) is 11.6 Å². The molecule has 0 aliphatic rings. The second-order valence-electron chi connectivity index (χ2n) is 4.72. The largest absolute Gasteiger partial charge is 0.385 e. The SMILES string of the molecule is CCNc1ccc(C)cc1C(=O)Nc1ccc(C)nc1. The average Bonchev–Trinajstić information content (AvgIpc) is 2.43. The predicted molar refractivity (Wildman–Crippen MR) is 82.3 cm³/mol. The molecule has 1 amide bonds. The summed E-state index contributed by atoms with van der Waals surface area (Å²) < 4.78 is 0. The number of amides is 1. The van der Waals surface area contributed by atoms with Crippen LogP contribution in [0.3, 0.4) is 0 Å². The lowest BCUT2D eigenvalue weighted by Crippen LogP contribution is -2.15. The molecule has 4 nitrogen and oxygen atoms in total. The predicted octanol–water partition coefficient (Wildman–Crippen LogP) is 3.38. The minimum Gasteiger partial charge on any atom is -0.385 e. The van der Waals surface area contributed by atoms with Gasteiger partial charge in [0.2, 0.25) is 0 Å². The van der Waals surface area contributed by atoms with Gasteiger partial charge in [-0.15, -0.1) is 0 Å².